The van der Waals surface area contributed by atoms with E-state index in [0.717, 1.165) is 12.8 Å². The summed E-state index contributed by atoms with van der Waals surface area (Å²) in [6.07, 6.45) is 4.00. The van der Waals surface area contributed by atoms with Gasteiger partial charge >= 0.3 is 0 Å². The van der Waals surface area contributed by atoms with Gasteiger partial charge in [-0.1, -0.05) is 19.4 Å². The van der Waals surface area contributed by atoms with E-state index in [2.05, 4.69) is 6.92 Å². The first-order chi connectivity index (χ1) is 11.0. The van der Waals surface area contributed by atoms with Crippen molar-refractivity contribution in [1.29, 1.82) is 0 Å². The third-order valence-corrected chi connectivity index (χ3v) is 3.96. The molecule has 0 bridgehead atoms. The summed E-state index contributed by atoms with van der Waals surface area (Å²) in [6.45, 7) is 2.71. The highest BCUT2D eigenvalue weighted by molar-refractivity contribution is 8.17. The molecular weight excluding hydrogens is 316 g/mol. The van der Waals surface area contributed by atoms with Gasteiger partial charge in [0, 0.05) is 6.54 Å². The molecule has 122 valence electrons. The fourth-order valence-corrected chi connectivity index (χ4v) is 2.71. The third kappa shape index (κ3) is 4.35. The van der Waals surface area contributed by atoms with Crippen LogP contribution in [0, 0.1) is 0 Å². The summed E-state index contributed by atoms with van der Waals surface area (Å²) in [7, 11) is 0. The highest BCUT2D eigenvalue weighted by Crippen LogP contribution is 2.34. The maximum absolute atomic E-state index is 12.1. The maximum atomic E-state index is 12.1. The Morgan fingerprint density at radius 3 is 2.91 bits per heavy atom. The summed E-state index contributed by atoms with van der Waals surface area (Å²) in [5, 5.41) is -0.649. The van der Waals surface area contributed by atoms with Crippen molar-refractivity contribution < 1.29 is 19.1 Å². The number of rotatable bonds is 6. The molecule has 1 heterocycles. The van der Waals surface area contributed by atoms with Crippen LogP contribution in [0.25, 0.3) is 6.08 Å². The van der Waals surface area contributed by atoms with Crippen LogP contribution in [0.5, 0.6) is 5.75 Å². The van der Waals surface area contributed by atoms with Gasteiger partial charge in [-0.3, -0.25) is 14.4 Å². The van der Waals surface area contributed by atoms with E-state index >= 15 is 0 Å². The number of amides is 2. The minimum absolute atomic E-state index is 0.0308. The second-order valence-corrected chi connectivity index (χ2v) is 6.08. The lowest BCUT2D eigenvalue weighted by atomic mass is 10.1. The van der Waals surface area contributed by atoms with Crippen LogP contribution in [-0.4, -0.2) is 30.6 Å². The molecule has 1 aliphatic heterocycles. The normalized spacial score (nSPS) is 14.2. The lowest BCUT2D eigenvalue weighted by Gasteiger charge is -2.29. The first-order valence-electron chi connectivity index (χ1n) is 7.26. The number of nitrogens with two attached hydrogens (primary N) is 1. The number of aldehydes is 1. The summed E-state index contributed by atoms with van der Waals surface area (Å²) >= 11 is 0.667. The molecule has 0 radical (unpaired) electrons. The van der Waals surface area contributed by atoms with E-state index in [9.17, 15) is 14.4 Å². The zero-order valence-corrected chi connectivity index (χ0v) is 13.6. The Hall–Kier alpha value is -2.28. The van der Waals surface area contributed by atoms with Gasteiger partial charge in [0.1, 0.15) is 5.75 Å². The molecular formula is C16H18N2O4S. The van der Waals surface area contributed by atoms with E-state index < -0.39 is 5.24 Å². The SMILES string of the molecule is CCCCN1C(=O)COc2ccc(/C=C(/C=O)SC(N)=O)cc21. The summed E-state index contributed by atoms with van der Waals surface area (Å²) in [5.74, 6) is 0.544. The fourth-order valence-electron chi connectivity index (χ4n) is 2.24. The molecule has 0 atom stereocenters. The Morgan fingerprint density at radius 2 is 2.26 bits per heavy atom. The minimum Gasteiger partial charge on any atom is -0.482 e. The highest BCUT2D eigenvalue weighted by atomic mass is 32.2. The molecule has 1 aromatic rings. The largest absolute Gasteiger partial charge is 0.482 e. The predicted molar refractivity (Wildman–Crippen MR) is 90.4 cm³/mol. The van der Waals surface area contributed by atoms with Gasteiger partial charge < -0.3 is 15.4 Å². The first kappa shape index (κ1) is 17.1. The molecule has 1 aliphatic rings. The van der Waals surface area contributed by atoms with Gasteiger partial charge in [-0.2, -0.15) is 0 Å². The predicted octanol–water partition coefficient (Wildman–Crippen LogP) is 2.56. The zero-order chi connectivity index (χ0) is 16.8. The number of unbranched alkanes of at least 4 members (excludes halogenated alkanes) is 1. The number of anilines is 1. The number of fused-ring (bicyclic) bond motifs is 1. The molecule has 6 nitrogen and oxygen atoms in total. The molecule has 0 unspecified atom stereocenters. The standard InChI is InChI=1S/C16H18N2O4S/c1-2-3-6-18-13-8-11(7-12(9-19)23-16(17)21)4-5-14(13)22-10-15(18)20/h4-5,7-9H,2-3,6,10H2,1H3,(H2,17,21)/b12-7-. The number of nitrogens with zero attached hydrogens (tertiary/aromatic N) is 1. The van der Waals surface area contributed by atoms with Crippen molar-refractivity contribution in [2.75, 3.05) is 18.1 Å². The molecule has 0 aliphatic carbocycles. The number of hydrogen-bond donors (Lipinski definition) is 1. The van der Waals surface area contributed by atoms with Gasteiger partial charge in [0.2, 0.25) is 0 Å². The number of benzene rings is 1. The average molecular weight is 334 g/mol. The second-order valence-electron chi connectivity index (χ2n) is 5.00. The summed E-state index contributed by atoms with van der Waals surface area (Å²) < 4.78 is 5.44. The molecule has 1 aromatic carbocycles. The molecule has 7 heteroatoms. The molecule has 0 fully saturated rings. The van der Waals surface area contributed by atoms with Crippen LogP contribution in [-0.2, 0) is 9.59 Å². The van der Waals surface area contributed by atoms with E-state index in [1.807, 2.05) is 0 Å². The van der Waals surface area contributed by atoms with Gasteiger partial charge in [0.25, 0.3) is 11.1 Å². The number of carbonyl (C=O) groups is 3. The van der Waals surface area contributed by atoms with Crippen molar-refractivity contribution >= 4 is 41.0 Å². The fraction of sp³-hybridized carbons (Fsp3) is 0.312. The Bertz CT molecular complexity index is 657. The molecule has 0 spiro atoms. The zero-order valence-electron chi connectivity index (χ0n) is 12.8. The van der Waals surface area contributed by atoms with Gasteiger partial charge in [-0.15, -0.1) is 0 Å². The van der Waals surface area contributed by atoms with Gasteiger partial charge in [0.15, 0.2) is 12.9 Å². The number of carbonyl (C=O) groups excluding carboxylic acids is 3. The number of thioether (sulfide) groups is 1. The summed E-state index contributed by atoms with van der Waals surface area (Å²) in [5.41, 5.74) is 6.45. The molecule has 0 aromatic heterocycles. The second kappa shape index (κ2) is 7.82. The molecule has 0 saturated carbocycles. The number of ether oxygens (including phenoxy) is 1. The quantitative estimate of drug-likeness (QED) is 0.638. The minimum atomic E-state index is -0.649. The van der Waals surface area contributed by atoms with Gasteiger partial charge in [0.05, 0.1) is 10.6 Å². The van der Waals surface area contributed by atoms with E-state index in [0.29, 0.717) is 41.6 Å². The van der Waals surface area contributed by atoms with Gasteiger partial charge in [-0.25, -0.2) is 0 Å². The van der Waals surface area contributed by atoms with Crippen LogP contribution in [0.2, 0.25) is 0 Å². The monoisotopic (exact) mass is 334 g/mol. The molecule has 23 heavy (non-hydrogen) atoms. The van der Waals surface area contributed by atoms with Crippen molar-refractivity contribution in [3.05, 3.63) is 28.7 Å². The average Bonchev–Trinajstić information content (AvgIpc) is 2.53. The van der Waals surface area contributed by atoms with Crippen molar-refractivity contribution in [2.24, 2.45) is 5.73 Å². The highest BCUT2D eigenvalue weighted by Gasteiger charge is 2.25. The third-order valence-electron chi connectivity index (χ3n) is 3.30. The van der Waals surface area contributed by atoms with Gasteiger partial charge in [-0.05, 0) is 42.0 Å². The Balaban J connectivity index is 2.34. The van der Waals surface area contributed by atoms with Crippen molar-refractivity contribution in [1.82, 2.24) is 0 Å². The van der Waals surface area contributed by atoms with E-state index in [4.69, 9.17) is 10.5 Å². The Morgan fingerprint density at radius 1 is 1.48 bits per heavy atom. The molecule has 2 amide bonds. The number of hydrogen-bond acceptors (Lipinski definition) is 5. The van der Waals surface area contributed by atoms with Crippen molar-refractivity contribution in [3.8, 4) is 5.75 Å². The van der Waals surface area contributed by atoms with Crippen LogP contribution in [0.1, 0.15) is 25.3 Å². The van der Waals surface area contributed by atoms with E-state index in [1.165, 1.54) is 0 Å². The van der Waals surface area contributed by atoms with Crippen LogP contribution in [0.3, 0.4) is 0 Å². The summed E-state index contributed by atoms with van der Waals surface area (Å²) in [6, 6.07) is 5.29. The van der Waals surface area contributed by atoms with Crippen LogP contribution < -0.4 is 15.4 Å². The lowest BCUT2D eigenvalue weighted by molar-refractivity contribution is -0.121. The smallest absolute Gasteiger partial charge is 0.281 e. The van der Waals surface area contributed by atoms with E-state index in [1.54, 1.807) is 29.2 Å². The van der Waals surface area contributed by atoms with E-state index in [-0.39, 0.29) is 17.4 Å². The topological polar surface area (TPSA) is 89.7 Å². The number of primary amides is 1. The summed E-state index contributed by atoms with van der Waals surface area (Å²) in [4.78, 5) is 35.9. The van der Waals surface area contributed by atoms with Crippen molar-refractivity contribution in [3.63, 3.8) is 0 Å². The Kier molecular flexibility index (Phi) is 5.81. The first-order valence-corrected chi connectivity index (χ1v) is 8.08. The Labute approximate surface area is 138 Å². The molecule has 2 N–H and O–H groups in total. The number of allylic oxidation sites excluding steroid dienone is 1. The van der Waals surface area contributed by atoms with Crippen LogP contribution >= 0.6 is 11.8 Å². The maximum Gasteiger partial charge on any atom is 0.281 e. The molecule has 2 rings (SSSR count). The van der Waals surface area contributed by atoms with Crippen LogP contribution in [0.4, 0.5) is 10.5 Å². The van der Waals surface area contributed by atoms with Crippen molar-refractivity contribution in [2.45, 2.75) is 19.8 Å². The molecule has 0 saturated heterocycles. The lowest BCUT2D eigenvalue weighted by Crippen LogP contribution is -2.39. The van der Waals surface area contributed by atoms with Crippen LogP contribution in [0.15, 0.2) is 23.1 Å².